The van der Waals surface area contributed by atoms with Crippen LogP contribution in [0, 0.1) is 6.92 Å². The monoisotopic (exact) mass is 362 g/mol. The van der Waals surface area contributed by atoms with Crippen LogP contribution in [0.5, 0.6) is 5.75 Å². The highest BCUT2D eigenvalue weighted by Gasteiger charge is 2.32. The molecule has 0 spiro atoms. The number of para-hydroxylation sites is 1. The quantitative estimate of drug-likeness (QED) is 0.822. The Morgan fingerprint density at radius 1 is 1.20 bits per heavy atom. The maximum absolute atomic E-state index is 13.1. The number of sulfonamides is 1. The van der Waals surface area contributed by atoms with Crippen LogP contribution in [-0.2, 0) is 23.0 Å². The van der Waals surface area contributed by atoms with Crippen molar-refractivity contribution in [2.75, 3.05) is 32.6 Å². The molecule has 0 amide bonds. The van der Waals surface area contributed by atoms with E-state index in [4.69, 9.17) is 4.74 Å². The maximum Gasteiger partial charge on any atom is 0.247 e. The summed E-state index contributed by atoms with van der Waals surface area (Å²) in [7, 11) is 1.67. The van der Waals surface area contributed by atoms with E-state index in [2.05, 4.69) is 9.97 Å². The number of rotatable bonds is 4. The summed E-state index contributed by atoms with van der Waals surface area (Å²) in [6.07, 6.45) is 0.581. The van der Waals surface area contributed by atoms with E-state index in [0.717, 1.165) is 17.1 Å². The SMILES string of the molecule is COc1ccccc1S(=O)(=O)N1CCc2c(nc(C)nc2N(C)C)C1. The molecular weight excluding hydrogens is 340 g/mol. The van der Waals surface area contributed by atoms with Gasteiger partial charge in [-0.2, -0.15) is 4.31 Å². The number of hydrogen-bond acceptors (Lipinski definition) is 6. The van der Waals surface area contributed by atoms with Crippen molar-refractivity contribution in [3.63, 3.8) is 0 Å². The summed E-state index contributed by atoms with van der Waals surface area (Å²) in [5.74, 6) is 1.84. The molecular formula is C17H22N4O3S. The highest BCUT2D eigenvalue weighted by molar-refractivity contribution is 7.89. The molecule has 0 atom stereocenters. The molecule has 1 aromatic carbocycles. The van der Waals surface area contributed by atoms with E-state index in [1.807, 2.05) is 25.9 Å². The Labute approximate surface area is 148 Å². The van der Waals surface area contributed by atoms with Crippen LogP contribution in [0.1, 0.15) is 17.1 Å². The minimum atomic E-state index is -3.66. The zero-order valence-electron chi connectivity index (χ0n) is 14.9. The molecule has 1 aliphatic rings. The van der Waals surface area contributed by atoms with Gasteiger partial charge in [0.2, 0.25) is 10.0 Å². The van der Waals surface area contributed by atoms with Gasteiger partial charge in [0.25, 0.3) is 0 Å². The third kappa shape index (κ3) is 3.19. The fraction of sp³-hybridized carbons (Fsp3) is 0.412. The summed E-state index contributed by atoms with van der Waals surface area (Å²) >= 11 is 0. The van der Waals surface area contributed by atoms with Crippen molar-refractivity contribution in [1.82, 2.24) is 14.3 Å². The first-order valence-electron chi connectivity index (χ1n) is 8.01. The number of anilines is 1. The van der Waals surface area contributed by atoms with Gasteiger partial charge in [0, 0.05) is 26.2 Å². The van der Waals surface area contributed by atoms with Gasteiger partial charge >= 0.3 is 0 Å². The first-order chi connectivity index (χ1) is 11.8. The smallest absolute Gasteiger partial charge is 0.247 e. The van der Waals surface area contributed by atoms with Crippen LogP contribution < -0.4 is 9.64 Å². The Morgan fingerprint density at radius 3 is 2.60 bits per heavy atom. The minimum Gasteiger partial charge on any atom is -0.495 e. The Hall–Kier alpha value is -2.19. The van der Waals surface area contributed by atoms with Gasteiger partial charge in [0.15, 0.2) is 0 Å². The Balaban J connectivity index is 2.00. The fourth-order valence-corrected chi connectivity index (χ4v) is 4.61. The van der Waals surface area contributed by atoms with Crippen LogP contribution in [0.2, 0.25) is 0 Å². The molecule has 25 heavy (non-hydrogen) atoms. The molecule has 2 heterocycles. The average molecular weight is 362 g/mol. The van der Waals surface area contributed by atoms with Gasteiger partial charge in [-0.25, -0.2) is 18.4 Å². The van der Waals surface area contributed by atoms with E-state index in [-0.39, 0.29) is 11.4 Å². The molecule has 0 bridgehead atoms. The van der Waals surface area contributed by atoms with E-state index < -0.39 is 10.0 Å². The lowest BCUT2D eigenvalue weighted by Crippen LogP contribution is -2.37. The molecule has 134 valence electrons. The molecule has 0 saturated carbocycles. The summed E-state index contributed by atoms with van der Waals surface area (Å²) in [6, 6.07) is 6.68. The van der Waals surface area contributed by atoms with Crippen molar-refractivity contribution in [2.45, 2.75) is 24.8 Å². The van der Waals surface area contributed by atoms with Gasteiger partial charge < -0.3 is 9.64 Å². The van der Waals surface area contributed by atoms with E-state index in [1.165, 1.54) is 11.4 Å². The lowest BCUT2D eigenvalue weighted by Gasteiger charge is -2.30. The first kappa shape index (κ1) is 17.6. The third-order valence-corrected chi connectivity index (χ3v) is 6.12. The molecule has 1 aliphatic heterocycles. The number of aryl methyl sites for hydroxylation is 1. The van der Waals surface area contributed by atoms with Gasteiger partial charge in [-0.15, -0.1) is 0 Å². The van der Waals surface area contributed by atoms with Gasteiger partial charge in [0.1, 0.15) is 22.3 Å². The molecule has 0 N–H and O–H groups in total. The van der Waals surface area contributed by atoms with Crippen molar-refractivity contribution in [3.8, 4) is 5.75 Å². The summed E-state index contributed by atoms with van der Waals surface area (Å²) in [5.41, 5.74) is 1.78. The standard InChI is InChI=1S/C17H22N4O3S/c1-12-18-14-11-21(10-9-13(14)17(19-12)20(2)3)25(22,23)16-8-6-5-7-15(16)24-4/h5-8H,9-11H2,1-4H3. The molecule has 3 rings (SSSR count). The molecule has 2 aromatic rings. The normalized spacial score (nSPS) is 14.9. The van der Waals surface area contributed by atoms with Crippen LogP contribution >= 0.6 is 0 Å². The number of ether oxygens (including phenoxy) is 1. The van der Waals surface area contributed by atoms with Crippen molar-refractivity contribution in [3.05, 3.63) is 41.3 Å². The summed E-state index contributed by atoms with van der Waals surface area (Å²) in [6.45, 7) is 2.45. The van der Waals surface area contributed by atoms with E-state index in [0.29, 0.717) is 24.5 Å². The average Bonchev–Trinajstić information content (AvgIpc) is 2.60. The Kier molecular flexibility index (Phi) is 4.66. The second kappa shape index (κ2) is 6.61. The maximum atomic E-state index is 13.1. The lowest BCUT2D eigenvalue weighted by atomic mass is 10.1. The van der Waals surface area contributed by atoms with Crippen LogP contribution in [0.4, 0.5) is 5.82 Å². The van der Waals surface area contributed by atoms with Gasteiger partial charge in [0.05, 0.1) is 19.3 Å². The van der Waals surface area contributed by atoms with E-state index >= 15 is 0 Å². The molecule has 0 radical (unpaired) electrons. The summed E-state index contributed by atoms with van der Waals surface area (Å²) < 4.78 is 32.8. The van der Waals surface area contributed by atoms with Crippen molar-refractivity contribution >= 4 is 15.8 Å². The highest BCUT2D eigenvalue weighted by atomic mass is 32.2. The van der Waals surface area contributed by atoms with Crippen molar-refractivity contribution < 1.29 is 13.2 Å². The molecule has 0 unspecified atom stereocenters. The molecule has 7 nitrogen and oxygen atoms in total. The number of benzene rings is 1. The predicted octanol–water partition coefficient (Wildman–Crippen LogP) is 1.61. The first-order valence-corrected chi connectivity index (χ1v) is 9.45. The minimum absolute atomic E-state index is 0.180. The third-order valence-electron chi connectivity index (χ3n) is 4.23. The molecule has 1 aromatic heterocycles. The molecule has 0 saturated heterocycles. The highest BCUT2D eigenvalue weighted by Crippen LogP contribution is 2.31. The number of aromatic nitrogens is 2. The second-order valence-corrected chi connectivity index (χ2v) is 8.06. The van der Waals surface area contributed by atoms with Gasteiger partial charge in [-0.05, 0) is 25.5 Å². The zero-order chi connectivity index (χ0) is 18.2. The van der Waals surface area contributed by atoms with E-state index in [9.17, 15) is 8.42 Å². The van der Waals surface area contributed by atoms with Crippen molar-refractivity contribution in [1.29, 1.82) is 0 Å². The molecule has 8 heteroatoms. The zero-order valence-corrected chi connectivity index (χ0v) is 15.7. The Bertz CT molecular complexity index is 897. The van der Waals surface area contributed by atoms with Crippen LogP contribution in [0.15, 0.2) is 29.2 Å². The Morgan fingerprint density at radius 2 is 1.92 bits per heavy atom. The van der Waals surface area contributed by atoms with Crippen LogP contribution in [0.3, 0.4) is 0 Å². The van der Waals surface area contributed by atoms with Crippen LogP contribution in [0.25, 0.3) is 0 Å². The lowest BCUT2D eigenvalue weighted by molar-refractivity contribution is 0.373. The van der Waals surface area contributed by atoms with Crippen molar-refractivity contribution in [2.24, 2.45) is 0 Å². The van der Waals surface area contributed by atoms with Gasteiger partial charge in [-0.3, -0.25) is 0 Å². The second-order valence-electron chi connectivity index (χ2n) is 6.15. The van der Waals surface area contributed by atoms with Crippen LogP contribution in [-0.4, -0.2) is 50.4 Å². The number of hydrogen-bond donors (Lipinski definition) is 0. The topological polar surface area (TPSA) is 75.6 Å². The van der Waals surface area contributed by atoms with E-state index in [1.54, 1.807) is 24.3 Å². The number of methoxy groups -OCH3 is 1. The number of fused-ring (bicyclic) bond motifs is 1. The molecule has 0 aliphatic carbocycles. The van der Waals surface area contributed by atoms with Gasteiger partial charge in [-0.1, -0.05) is 12.1 Å². The fourth-order valence-electron chi connectivity index (χ4n) is 3.05. The largest absolute Gasteiger partial charge is 0.495 e. The number of nitrogens with zero attached hydrogens (tertiary/aromatic N) is 4. The summed E-state index contributed by atoms with van der Waals surface area (Å²) in [4.78, 5) is 11.1. The predicted molar refractivity (Wildman–Crippen MR) is 95.4 cm³/mol. The summed E-state index contributed by atoms with van der Waals surface area (Å²) in [5, 5.41) is 0. The molecule has 0 fully saturated rings.